The Morgan fingerprint density at radius 1 is 1.06 bits per heavy atom. The van der Waals surface area contributed by atoms with Gasteiger partial charge in [0.05, 0.1) is 18.3 Å². The maximum absolute atomic E-state index is 13.6. The topological polar surface area (TPSA) is 68.0 Å². The van der Waals surface area contributed by atoms with Gasteiger partial charge in [-0.2, -0.15) is 5.10 Å². The van der Waals surface area contributed by atoms with Crippen LogP contribution in [0.2, 0.25) is 0 Å². The molecule has 0 aliphatic heterocycles. The summed E-state index contributed by atoms with van der Waals surface area (Å²) in [4.78, 5) is 17.8. The Hall–Kier alpha value is -1.75. The molecule has 1 N–H and O–H groups in total. The number of carbonyl (C=O) groups excluding carboxylic acids is 1. The fourth-order valence-electron chi connectivity index (χ4n) is 9.73. The highest BCUT2D eigenvalue weighted by atomic mass is 16.3. The zero-order valence-corrected chi connectivity index (χ0v) is 21.4. The molecule has 0 unspecified atom stereocenters. The van der Waals surface area contributed by atoms with Crippen molar-refractivity contribution in [3.63, 3.8) is 0 Å². The number of aliphatic hydroxyl groups is 1. The maximum Gasteiger partial charge on any atom is 0.157 e. The molecule has 0 aromatic carbocycles. The minimum absolute atomic E-state index is 0.122. The molecular formula is C29H41N3O2. The highest BCUT2D eigenvalue weighted by molar-refractivity contribution is 5.83. The van der Waals surface area contributed by atoms with Crippen LogP contribution in [0.25, 0.3) is 10.9 Å². The Balaban J connectivity index is 1.22. The van der Waals surface area contributed by atoms with E-state index in [9.17, 15) is 9.90 Å². The van der Waals surface area contributed by atoms with Gasteiger partial charge in [0.2, 0.25) is 0 Å². The maximum atomic E-state index is 13.6. The molecule has 6 rings (SSSR count). The van der Waals surface area contributed by atoms with Gasteiger partial charge < -0.3 is 5.11 Å². The number of pyridine rings is 1. The minimum Gasteiger partial charge on any atom is -0.390 e. The van der Waals surface area contributed by atoms with Gasteiger partial charge in [-0.3, -0.25) is 14.5 Å². The van der Waals surface area contributed by atoms with E-state index in [4.69, 9.17) is 0 Å². The van der Waals surface area contributed by atoms with Crippen LogP contribution in [0.5, 0.6) is 0 Å². The van der Waals surface area contributed by atoms with E-state index in [1.54, 1.807) is 12.4 Å². The highest BCUT2D eigenvalue weighted by Crippen LogP contribution is 2.71. The van der Waals surface area contributed by atoms with E-state index >= 15 is 0 Å². The van der Waals surface area contributed by atoms with Gasteiger partial charge >= 0.3 is 0 Å². The summed E-state index contributed by atoms with van der Waals surface area (Å²) in [6.45, 7) is 9.88. The van der Waals surface area contributed by atoms with Crippen LogP contribution in [-0.4, -0.2) is 31.3 Å². The summed E-state index contributed by atoms with van der Waals surface area (Å²) in [5.74, 6) is 2.64. The van der Waals surface area contributed by atoms with Crippen LogP contribution in [0.1, 0.15) is 85.5 Å². The van der Waals surface area contributed by atoms with Gasteiger partial charge in [-0.05, 0) is 105 Å². The molecule has 0 amide bonds. The second kappa shape index (κ2) is 7.38. The average molecular weight is 464 g/mol. The molecule has 5 heteroatoms. The molecule has 34 heavy (non-hydrogen) atoms. The van der Waals surface area contributed by atoms with Crippen LogP contribution in [0.4, 0.5) is 0 Å². The van der Waals surface area contributed by atoms with Crippen molar-refractivity contribution in [2.45, 2.75) is 97.6 Å². The van der Waals surface area contributed by atoms with Crippen molar-refractivity contribution < 1.29 is 9.90 Å². The number of nitrogens with zero attached hydrogens (tertiary/aromatic N) is 3. The van der Waals surface area contributed by atoms with E-state index in [2.05, 4.69) is 30.9 Å². The van der Waals surface area contributed by atoms with Gasteiger partial charge in [-0.15, -0.1) is 0 Å². The first kappa shape index (κ1) is 22.7. The molecule has 0 saturated heterocycles. The summed E-state index contributed by atoms with van der Waals surface area (Å²) in [5, 5.41) is 16.5. The summed E-state index contributed by atoms with van der Waals surface area (Å²) in [6.07, 6.45) is 15.7. The Bertz CT molecular complexity index is 1090. The summed E-state index contributed by atoms with van der Waals surface area (Å²) in [6, 6.07) is 1.96. The molecule has 0 spiro atoms. The molecule has 4 aliphatic carbocycles. The fraction of sp³-hybridized carbons (Fsp3) is 0.759. The summed E-state index contributed by atoms with van der Waals surface area (Å²) >= 11 is 0. The van der Waals surface area contributed by atoms with Crippen LogP contribution < -0.4 is 0 Å². The molecule has 0 radical (unpaired) electrons. The van der Waals surface area contributed by atoms with Crippen LogP contribution in [0.3, 0.4) is 0 Å². The molecule has 0 bridgehead atoms. The zero-order chi connectivity index (χ0) is 23.9. The van der Waals surface area contributed by atoms with Crippen LogP contribution in [0, 0.1) is 39.9 Å². The number of ketones is 1. The number of hydrogen-bond acceptors (Lipinski definition) is 4. The predicted octanol–water partition coefficient (Wildman–Crippen LogP) is 5.80. The molecule has 184 valence electrons. The zero-order valence-electron chi connectivity index (χ0n) is 21.4. The van der Waals surface area contributed by atoms with E-state index in [0.717, 1.165) is 48.4 Å². The molecule has 4 saturated carbocycles. The predicted molar refractivity (Wildman–Crippen MR) is 133 cm³/mol. The molecule has 2 aromatic rings. The van der Waals surface area contributed by atoms with Crippen molar-refractivity contribution in [3.05, 3.63) is 24.7 Å². The van der Waals surface area contributed by atoms with Gasteiger partial charge in [0.15, 0.2) is 5.78 Å². The number of hydrogen-bond donors (Lipinski definition) is 1. The van der Waals surface area contributed by atoms with E-state index in [1.807, 2.05) is 23.9 Å². The smallest absolute Gasteiger partial charge is 0.157 e. The number of Topliss-reactive ketones (excluding diaryl/α,β-unsaturated/α-hetero) is 1. The number of carbonyl (C=O) groups is 1. The van der Waals surface area contributed by atoms with Crippen molar-refractivity contribution in [3.8, 4) is 0 Å². The monoisotopic (exact) mass is 463 g/mol. The molecular weight excluding hydrogens is 422 g/mol. The quantitative estimate of drug-likeness (QED) is 0.625. The van der Waals surface area contributed by atoms with Crippen molar-refractivity contribution in [1.82, 2.24) is 14.8 Å². The van der Waals surface area contributed by atoms with Crippen LogP contribution >= 0.6 is 0 Å². The van der Waals surface area contributed by atoms with Crippen molar-refractivity contribution in [1.29, 1.82) is 0 Å². The minimum atomic E-state index is -0.511. The highest BCUT2D eigenvalue weighted by Gasteiger charge is 2.64. The lowest BCUT2D eigenvalue weighted by molar-refractivity contribution is -0.189. The lowest BCUT2D eigenvalue weighted by Crippen LogP contribution is -2.60. The van der Waals surface area contributed by atoms with Crippen LogP contribution in [0.15, 0.2) is 24.7 Å². The first-order valence-corrected chi connectivity index (χ1v) is 13.6. The second-order valence-corrected chi connectivity index (χ2v) is 13.5. The normalized spacial score (nSPS) is 46.0. The number of rotatable bonds is 3. The second-order valence-electron chi connectivity index (χ2n) is 13.5. The molecule has 4 fully saturated rings. The first-order valence-electron chi connectivity index (χ1n) is 13.6. The van der Waals surface area contributed by atoms with E-state index in [-0.39, 0.29) is 16.7 Å². The average Bonchev–Trinajstić information content (AvgIpc) is 3.34. The van der Waals surface area contributed by atoms with Crippen molar-refractivity contribution >= 4 is 16.7 Å². The largest absolute Gasteiger partial charge is 0.390 e. The van der Waals surface area contributed by atoms with Gasteiger partial charge in [0.25, 0.3) is 0 Å². The summed E-state index contributed by atoms with van der Waals surface area (Å²) in [7, 11) is 0. The van der Waals surface area contributed by atoms with E-state index < -0.39 is 5.60 Å². The van der Waals surface area contributed by atoms with E-state index in [1.165, 1.54) is 32.1 Å². The van der Waals surface area contributed by atoms with E-state index in [0.29, 0.717) is 23.7 Å². The third-order valence-corrected chi connectivity index (χ3v) is 11.7. The Kier molecular flexibility index (Phi) is 4.93. The van der Waals surface area contributed by atoms with Gasteiger partial charge in [0, 0.05) is 23.7 Å². The fourth-order valence-corrected chi connectivity index (χ4v) is 9.73. The Morgan fingerprint density at radius 2 is 1.88 bits per heavy atom. The summed E-state index contributed by atoms with van der Waals surface area (Å²) < 4.78 is 1.83. The van der Waals surface area contributed by atoms with Gasteiger partial charge in [0.1, 0.15) is 5.52 Å². The molecule has 5 nitrogen and oxygen atoms in total. The molecule has 2 heterocycles. The Labute approximate surface area is 203 Å². The van der Waals surface area contributed by atoms with Gasteiger partial charge in [-0.1, -0.05) is 20.8 Å². The summed E-state index contributed by atoms with van der Waals surface area (Å²) in [5.41, 5.74) is 1.01. The molecule has 8 atom stereocenters. The molecule has 2 aromatic heterocycles. The number of fused-ring (bicyclic) bond motifs is 6. The molecule has 4 aliphatic rings. The standard InChI is InChI=1S/C29H41N3O2/c1-26-10-7-20-21-5-6-23(25(33)17-32-16-19-9-14-30-15-24(19)31-32)28(21,3)11-8-22(20)29(26,4)13-12-27(2,34)18-26/h9,14-16,20-23,34H,5-8,10-13,17-18H2,1-4H3/t20-,21-,22-,23+,26+,27+,28-,29+/m0/s1. The van der Waals surface area contributed by atoms with Crippen molar-refractivity contribution in [2.75, 3.05) is 0 Å². The lowest BCUT2D eigenvalue weighted by atomic mass is 9.39. The number of aromatic nitrogens is 3. The van der Waals surface area contributed by atoms with Crippen molar-refractivity contribution in [2.24, 2.45) is 39.9 Å². The first-order chi connectivity index (χ1) is 16.0. The Morgan fingerprint density at radius 3 is 2.68 bits per heavy atom. The van der Waals surface area contributed by atoms with Gasteiger partial charge in [-0.25, -0.2) is 0 Å². The lowest BCUT2D eigenvalue weighted by Gasteiger charge is -2.66. The van der Waals surface area contributed by atoms with Crippen LogP contribution in [-0.2, 0) is 11.3 Å². The SMILES string of the molecule is C[C@@]1(O)CC[C@]2(C)[C@H]3CC[C@]4(C)[C@@H](C(=O)Cn5cc6ccncc6n5)CC[C@H]4[C@@H]3CC[C@]2(C)C1. The third-order valence-electron chi connectivity index (χ3n) is 11.7. The third kappa shape index (κ3) is 3.18.